The van der Waals surface area contributed by atoms with Gasteiger partial charge in [0.2, 0.25) is 0 Å². The first kappa shape index (κ1) is 16.8. The van der Waals surface area contributed by atoms with Gasteiger partial charge in [0.15, 0.2) is 17.9 Å². The lowest BCUT2D eigenvalue weighted by Gasteiger charge is -2.11. The number of carbonyl (C=O) groups excluding carboxylic acids is 1. The van der Waals surface area contributed by atoms with Crippen LogP contribution in [0.1, 0.15) is 15.9 Å². The van der Waals surface area contributed by atoms with Crippen LogP contribution >= 0.6 is 0 Å². The van der Waals surface area contributed by atoms with Crippen molar-refractivity contribution in [2.24, 2.45) is 0 Å². The number of carbonyl (C=O) groups is 1. The molecule has 0 aliphatic rings. The maximum atomic E-state index is 13.9. The van der Waals surface area contributed by atoms with E-state index in [4.69, 9.17) is 4.74 Å². The molecular weight excluding hydrogens is 329 g/mol. The van der Waals surface area contributed by atoms with E-state index in [1.807, 2.05) is 30.3 Å². The number of halogens is 3. The van der Waals surface area contributed by atoms with E-state index < -0.39 is 17.5 Å². The number of aldehydes is 1. The lowest BCUT2D eigenvalue weighted by Crippen LogP contribution is -1.98. The SMILES string of the molecule is O=Cc1cc(OCc2ccccc2)ccc1-c1cc(F)c(F)cc1F. The number of benzene rings is 3. The molecule has 25 heavy (non-hydrogen) atoms. The first-order valence-corrected chi connectivity index (χ1v) is 7.49. The summed E-state index contributed by atoms with van der Waals surface area (Å²) in [4.78, 5) is 11.3. The van der Waals surface area contributed by atoms with Gasteiger partial charge in [-0.1, -0.05) is 30.3 Å². The summed E-state index contributed by atoms with van der Waals surface area (Å²) < 4.78 is 46.1. The second-order valence-electron chi connectivity index (χ2n) is 5.39. The van der Waals surface area contributed by atoms with E-state index in [9.17, 15) is 18.0 Å². The normalized spacial score (nSPS) is 10.5. The van der Waals surface area contributed by atoms with Crippen LogP contribution in [0, 0.1) is 17.5 Å². The van der Waals surface area contributed by atoms with E-state index in [-0.39, 0.29) is 16.7 Å². The molecule has 0 aliphatic carbocycles. The molecule has 3 aromatic carbocycles. The van der Waals surface area contributed by atoms with Crippen molar-refractivity contribution in [1.82, 2.24) is 0 Å². The molecule has 3 rings (SSSR count). The van der Waals surface area contributed by atoms with E-state index in [0.29, 0.717) is 24.7 Å². The Morgan fingerprint density at radius 3 is 2.24 bits per heavy atom. The fraction of sp³-hybridized carbons (Fsp3) is 0.0500. The van der Waals surface area contributed by atoms with Crippen LogP contribution in [0.5, 0.6) is 5.75 Å². The highest BCUT2D eigenvalue weighted by Crippen LogP contribution is 2.30. The van der Waals surface area contributed by atoms with Crippen molar-refractivity contribution in [1.29, 1.82) is 0 Å². The van der Waals surface area contributed by atoms with Gasteiger partial charge in [-0.2, -0.15) is 0 Å². The molecule has 3 aromatic rings. The zero-order valence-corrected chi connectivity index (χ0v) is 13.0. The van der Waals surface area contributed by atoms with Crippen molar-refractivity contribution in [3.63, 3.8) is 0 Å². The highest BCUT2D eigenvalue weighted by Gasteiger charge is 2.15. The fourth-order valence-electron chi connectivity index (χ4n) is 2.44. The predicted octanol–water partition coefficient (Wildman–Crippen LogP) is 5.16. The zero-order chi connectivity index (χ0) is 17.8. The quantitative estimate of drug-likeness (QED) is 0.473. The second-order valence-corrected chi connectivity index (χ2v) is 5.39. The van der Waals surface area contributed by atoms with Gasteiger partial charge in [0, 0.05) is 17.2 Å². The summed E-state index contributed by atoms with van der Waals surface area (Å²) in [5.41, 5.74) is 1.05. The summed E-state index contributed by atoms with van der Waals surface area (Å²) in [7, 11) is 0. The van der Waals surface area contributed by atoms with Crippen molar-refractivity contribution in [2.75, 3.05) is 0 Å². The molecule has 0 unspecified atom stereocenters. The number of ether oxygens (including phenoxy) is 1. The Kier molecular flexibility index (Phi) is 4.84. The molecule has 0 N–H and O–H groups in total. The molecular formula is C20H13F3O2. The second kappa shape index (κ2) is 7.21. The van der Waals surface area contributed by atoms with E-state index in [2.05, 4.69) is 0 Å². The molecule has 0 radical (unpaired) electrons. The third-order valence-corrected chi connectivity index (χ3v) is 3.70. The van der Waals surface area contributed by atoms with Gasteiger partial charge in [-0.05, 0) is 35.4 Å². The molecule has 0 heterocycles. The Morgan fingerprint density at radius 2 is 1.52 bits per heavy atom. The number of hydrogen-bond acceptors (Lipinski definition) is 2. The highest BCUT2D eigenvalue weighted by molar-refractivity contribution is 5.88. The standard InChI is InChI=1S/C20H13F3O2/c21-18-10-20(23)19(22)9-17(18)16-7-6-15(8-14(16)11-24)25-12-13-4-2-1-3-5-13/h1-11H,12H2. The van der Waals surface area contributed by atoms with Crippen LogP contribution in [0.4, 0.5) is 13.2 Å². The van der Waals surface area contributed by atoms with E-state index >= 15 is 0 Å². The molecule has 0 saturated carbocycles. The van der Waals surface area contributed by atoms with Crippen molar-refractivity contribution in [3.05, 3.63) is 89.2 Å². The molecule has 2 nitrogen and oxygen atoms in total. The Morgan fingerprint density at radius 1 is 0.800 bits per heavy atom. The van der Waals surface area contributed by atoms with Crippen LogP contribution in [0.2, 0.25) is 0 Å². The highest BCUT2D eigenvalue weighted by atomic mass is 19.2. The first-order chi connectivity index (χ1) is 12.1. The maximum absolute atomic E-state index is 13.9. The molecule has 0 fully saturated rings. The van der Waals surface area contributed by atoms with Crippen molar-refractivity contribution >= 4 is 6.29 Å². The van der Waals surface area contributed by atoms with Gasteiger partial charge in [0.05, 0.1) is 0 Å². The molecule has 0 aromatic heterocycles. The minimum absolute atomic E-state index is 0.121. The number of rotatable bonds is 5. The van der Waals surface area contributed by atoms with Gasteiger partial charge >= 0.3 is 0 Å². The summed E-state index contributed by atoms with van der Waals surface area (Å²) >= 11 is 0. The summed E-state index contributed by atoms with van der Waals surface area (Å²) in [5.74, 6) is -2.99. The summed E-state index contributed by atoms with van der Waals surface area (Å²) in [6.07, 6.45) is 0.519. The largest absolute Gasteiger partial charge is 0.489 e. The smallest absolute Gasteiger partial charge is 0.161 e. The summed E-state index contributed by atoms with van der Waals surface area (Å²) in [6.45, 7) is 0.304. The third-order valence-electron chi connectivity index (χ3n) is 3.70. The van der Waals surface area contributed by atoms with Crippen LogP contribution in [0.25, 0.3) is 11.1 Å². The summed E-state index contributed by atoms with van der Waals surface area (Å²) in [5, 5.41) is 0. The molecule has 0 bridgehead atoms. The Hall–Kier alpha value is -3.08. The average molecular weight is 342 g/mol. The Labute approximate surface area is 142 Å². The average Bonchev–Trinajstić information content (AvgIpc) is 2.64. The first-order valence-electron chi connectivity index (χ1n) is 7.49. The molecule has 0 atom stereocenters. The Balaban J connectivity index is 1.90. The van der Waals surface area contributed by atoms with Crippen LogP contribution in [-0.2, 0) is 6.61 Å². The van der Waals surface area contributed by atoms with Gasteiger partial charge in [0.1, 0.15) is 18.2 Å². The van der Waals surface area contributed by atoms with Crippen LogP contribution in [-0.4, -0.2) is 6.29 Å². The number of hydrogen-bond donors (Lipinski definition) is 0. The lowest BCUT2D eigenvalue weighted by atomic mass is 9.99. The molecule has 0 amide bonds. The van der Waals surface area contributed by atoms with E-state index in [1.165, 1.54) is 12.1 Å². The Bertz CT molecular complexity index is 908. The topological polar surface area (TPSA) is 26.3 Å². The van der Waals surface area contributed by atoms with Crippen molar-refractivity contribution < 1.29 is 22.7 Å². The van der Waals surface area contributed by atoms with Crippen molar-refractivity contribution in [2.45, 2.75) is 6.61 Å². The lowest BCUT2D eigenvalue weighted by molar-refractivity contribution is 0.112. The van der Waals surface area contributed by atoms with Crippen LogP contribution in [0.15, 0.2) is 60.7 Å². The van der Waals surface area contributed by atoms with E-state index in [0.717, 1.165) is 11.6 Å². The molecule has 0 spiro atoms. The van der Waals surface area contributed by atoms with Crippen molar-refractivity contribution in [3.8, 4) is 16.9 Å². The van der Waals surface area contributed by atoms with Gasteiger partial charge in [0.25, 0.3) is 0 Å². The summed E-state index contributed by atoms with van der Waals surface area (Å²) in [6, 6.07) is 15.1. The van der Waals surface area contributed by atoms with Gasteiger partial charge in [-0.3, -0.25) is 4.79 Å². The van der Waals surface area contributed by atoms with Crippen LogP contribution < -0.4 is 4.74 Å². The van der Waals surface area contributed by atoms with Gasteiger partial charge in [-0.25, -0.2) is 13.2 Å². The van der Waals surface area contributed by atoms with Gasteiger partial charge in [-0.15, -0.1) is 0 Å². The maximum Gasteiger partial charge on any atom is 0.161 e. The zero-order valence-electron chi connectivity index (χ0n) is 13.0. The van der Waals surface area contributed by atoms with E-state index in [1.54, 1.807) is 6.07 Å². The molecule has 5 heteroatoms. The third kappa shape index (κ3) is 3.71. The fourth-order valence-corrected chi connectivity index (χ4v) is 2.44. The minimum Gasteiger partial charge on any atom is -0.489 e. The molecule has 0 saturated heterocycles. The monoisotopic (exact) mass is 342 g/mol. The molecule has 126 valence electrons. The molecule has 0 aliphatic heterocycles. The van der Waals surface area contributed by atoms with Gasteiger partial charge < -0.3 is 4.74 Å². The minimum atomic E-state index is -1.28. The van der Waals surface area contributed by atoms with Crippen LogP contribution in [0.3, 0.4) is 0 Å². The predicted molar refractivity (Wildman–Crippen MR) is 87.9 cm³/mol.